The van der Waals surface area contributed by atoms with Gasteiger partial charge in [0, 0.05) is 18.2 Å². The summed E-state index contributed by atoms with van der Waals surface area (Å²) < 4.78 is 0. The van der Waals surface area contributed by atoms with Crippen molar-refractivity contribution in [3.05, 3.63) is 17.8 Å². The van der Waals surface area contributed by atoms with Crippen molar-refractivity contribution in [1.29, 1.82) is 0 Å². The van der Waals surface area contributed by atoms with E-state index < -0.39 is 0 Å². The summed E-state index contributed by atoms with van der Waals surface area (Å²) in [6.45, 7) is 1.99. The molecule has 1 aliphatic heterocycles. The smallest absolute Gasteiger partial charge is 0.226 e. The number of pyridine rings is 1. The van der Waals surface area contributed by atoms with Crippen LogP contribution < -0.4 is 10.6 Å². The number of nitrogens with zero attached hydrogens (tertiary/aromatic N) is 1. The van der Waals surface area contributed by atoms with Crippen molar-refractivity contribution in [2.24, 2.45) is 0 Å². The molecule has 4 heteroatoms. The van der Waals surface area contributed by atoms with E-state index in [1.807, 2.05) is 13.0 Å². The number of aromatic nitrogens is 1. The van der Waals surface area contributed by atoms with Crippen LogP contribution in [0.15, 0.2) is 12.3 Å². The molecule has 1 aromatic heterocycles. The third kappa shape index (κ3) is 1.37. The van der Waals surface area contributed by atoms with Gasteiger partial charge in [0.05, 0.1) is 5.69 Å². The summed E-state index contributed by atoms with van der Waals surface area (Å²) >= 11 is 0. The molecule has 0 radical (unpaired) electrons. The normalized spacial score (nSPS) is 21.4. The van der Waals surface area contributed by atoms with Crippen molar-refractivity contribution < 1.29 is 4.79 Å². The number of fused-ring (bicyclic) bond motifs is 1. The fourth-order valence-corrected chi connectivity index (χ4v) is 2.50. The second-order valence-corrected chi connectivity index (χ2v) is 4.84. The van der Waals surface area contributed by atoms with Crippen molar-refractivity contribution >= 4 is 17.4 Å². The fraction of sp³-hybridized carbons (Fsp3) is 0.500. The third-order valence-electron chi connectivity index (χ3n) is 3.62. The number of hydrogen-bond acceptors (Lipinski definition) is 3. The summed E-state index contributed by atoms with van der Waals surface area (Å²) in [5, 5.41) is 6.40. The SMILES string of the molecule is Cc1ccnc2c1NC(=O)CC1(CCC1)N2. The van der Waals surface area contributed by atoms with Gasteiger partial charge in [0.1, 0.15) is 0 Å². The van der Waals surface area contributed by atoms with E-state index in [1.165, 1.54) is 6.42 Å². The Bertz CT molecular complexity index is 452. The Balaban J connectivity index is 2.05. The summed E-state index contributed by atoms with van der Waals surface area (Å²) in [7, 11) is 0. The number of aryl methyl sites for hydroxylation is 1. The minimum Gasteiger partial charge on any atom is -0.362 e. The molecule has 2 N–H and O–H groups in total. The lowest BCUT2D eigenvalue weighted by atomic mass is 9.74. The molecule has 0 aromatic carbocycles. The van der Waals surface area contributed by atoms with Crippen molar-refractivity contribution in [1.82, 2.24) is 4.98 Å². The Kier molecular flexibility index (Phi) is 1.93. The van der Waals surface area contributed by atoms with Gasteiger partial charge in [0.15, 0.2) is 5.82 Å². The zero-order valence-corrected chi connectivity index (χ0v) is 9.34. The maximum Gasteiger partial charge on any atom is 0.226 e. The van der Waals surface area contributed by atoms with Crippen LogP contribution in [0.2, 0.25) is 0 Å². The Hall–Kier alpha value is -1.58. The van der Waals surface area contributed by atoms with E-state index in [4.69, 9.17) is 0 Å². The average molecular weight is 217 g/mol. The van der Waals surface area contributed by atoms with E-state index in [1.54, 1.807) is 6.20 Å². The molecule has 2 heterocycles. The molecule has 1 saturated carbocycles. The highest BCUT2D eigenvalue weighted by Crippen LogP contribution is 2.41. The van der Waals surface area contributed by atoms with E-state index in [-0.39, 0.29) is 11.4 Å². The monoisotopic (exact) mass is 217 g/mol. The van der Waals surface area contributed by atoms with Gasteiger partial charge >= 0.3 is 0 Å². The van der Waals surface area contributed by atoms with E-state index in [2.05, 4.69) is 15.6 Å². The first-order valence-electron chi connectivity index (χ1n) is 5.72. The minimum absolute atomic E-state index is 0.0316. The molecule has 16 heavy (non-hydrogen) atoms. The van der Waals surface area contributed by atoms with Gasteiger partial charge in [-0.05, 0) is 37.8 Å². The number of amides is 1. The lowest BCUT2D eigenvalue weighted by molar-refractivity contribution is -0.117. The highest BCUT2D eigenvalue weighted by molar-refractivity contribution is 5.97. The van der Waals surface area contributed by atoms with Gasteiger partial charge in [0.25, 0.3) is 0 Å². The number of carbonyl (C=O) groups excluding carboxylic acids is 1. The lowest BCUT2D eigenvalue weighted by Crippen LogP contribution is -2.46. The van der Waals surface area contributed by atoms with Crippen molar-refractivity contribution in [2.75, 3.05) is 10.6 Å². The zero-order chi connectivity index (χ0) is 11.2. The van der Waals surface area contributed by atoms with Crippen LogP contribution in [0, 0.1) is 6.92 Å². The number of rotatable bonds is 0. The Morgan fingerprint density at radius 3 is 2.94 bits per heavy atom. The van der Waals surface area contributed by atoms with Crippen molar-refractivity contribution in [3.63, 3.8) is 0 Å². The molecule has 3 rings (SSSR count). The average Bonchev–Trinajstić information content (AvgIpc) is 2.34. The Morgan fingerprint density at radius 1 is 1.44 bits per heavy atom. The quantitative estimate of drug-likeness (QED) is 0.699. The molecule has 4 nitrogen and oxygen atoms in total. The predicted octanol–water partition coefficient (Wildman–Crippen LogP) is 2.07. The lowest BCUT2D eigenvalue weighted by Gasteiger charge is -2.41. The molecule has 84 valence electrons. The highest BCUT2D eigenvalue weighted by Gasteiger charge is 2.41. The van der Waals surface area contributed by atoms with Crippen LogP contribution in [0.1, 0.15) is 31.2 Å². The highest BCUT2D eigenvalue weighted by atomic mass is 16.1. The molecule has 0 unspecified atom stereocenters. The fourth-order valence-electron chi connectivity index (χ4n) is 2.50. The molecular weight excluding hydrogens is 202 g/mol. The summed E-state index contributed by atoms with van der Waals surface area (Å²) in [6, 6.07) is 1.92. The Morgan fingerprint density at radius 2 is 2.25 bits per heavy atom. The zero-order valence-electron chi connectivity index (χ0n) is 9.34. The van der Waals surface area contributed by atoms with E-state index in [9.17, 15) is 4.79 Å². The van der Waals surface area contributed by atoms with Gasteiger partial charge in [-0.2, -0.15) is 0 Å². The van der Waals surface area contributed by atoms with Crippen LogP contribution >= 0.6 is 0 Å². The van der Waals surface area contributed by atoms with Crippen LogP contribution in [0.5, 0.6) is 0 Å². The van der Waals surface area contributed by atoms with Gasteiger partial charge in [-0.15, -0.1) is 0 Å². The second-order valence-electron chi connectivity index (χ2n) is 4.84. The van der Waals surface area contributed by atoms with Crippen LogP contribution in [0.25, 0.3) is 0 Å². The molecule has 1 amide bonds. The van der Waals surface area contributed by atoms with Crippen LogP contribution in [0.4, 0.5) is 11.5 Å². The molecule has 1 spiro atoms. The standard InChI is InChI=1S/C12H15N3O/c1-8-3-6-13-11-10(8)14-9(16)7-12(15-11)4-2-5-12/h3,6H,2,4-5,7H2,1H3,(H,13,15)(H,14,16). The van der Waals surface area contributed by atoms with Gasteiger partial charge in [-0.1, -0.05) is 0 Å². The number of nitrogens with one attached hydrogen (secondary N) is 2. The van der Waals surface area contributed by atoms with Gasteiger partial charge in [-0.3, -0.25) is 4.79 Å². The Labute approximate surface area is 94.5 Å². The maximum absolute atomic E-state index is 11.8. The maximum atomic E-state index is 11.8. The minimum atomic E-state index is -0.0316. The van der Waals surface area contributed by atoms with E-state index >= 15 is 0 Å². The van der Waals surface area contributed by atoms with Gasteiger partial charge in [-0.25, -0.2) is 4.98 Å². The summed E-state index contributed by atoms with van der Waals surface area (Å²) in [5.41, 5.74) is 1.87. The first-order chi connectivity index (χ1) is 7.69. The first-order valence-corrected chi connectivity index (χ1v) is 5.72. The molecule has 1 aromatic rings. The van der Waals surface area contributed by atoms with Crippen LogP contribution in [-0.4, -0.2) is 16.4 Å². The number of hydrogen-bond donors (Lipinski definition) is 2. The third-order valence-corrected chi connectivity index (χ3v) is 3.62. The van der Waals surface area contributed by atoms with E-state index in [0.717, 1.165) is 29.9 Å². The summed E-state index contributed by atoms with van der Waals surface area (Å²) in [6.07, 6.45) is 5.67. The predicted molar refractivity (Wildman–Crippen MR) is 62.4 cm³/mol. The topological polar surface area (TPSA) is 54.0 Å². The molecule has 0 saturated heterocycles. The molecule has 2 aliphatic rings. The van der Waals surface area contributed by atoms with Crippen molar-refractivity contribution in [2.45, 2.75) is 38.1 Å². The first kappa shape index (κ1) is 9.63. The molecule has 0 bridgehead atoms. The summed E-state index contributed by atoms with van der Waals surface area (Å²) in [4.78, 5) is 16.2. The van der Waals surface area contributed by atoms with Crippen molar-refractivity contribution in [3.8, 4) is 0 Å². The largest absolute Gasteiger partial charge is 0.362 e. The van der Waals surface area contributed by atoms with Crippen LogP contribution in [-0.2, 0) is 4.79 Å². The molecule has 1 fully saturated rings. The molecular formula is C12H15N3O. The second kappa shape index (κ2) is 3.20. The molecule has 1 aliphatic carbocycles. The number of anilines is 2. The molecule has 0 atom stereocenters. The van der Waals surface area contributed by atoms with Gasteiger partial charge in [0.2, 0.25) is 5.91 Å². The number of carbonyl (C=O) groups is 1. The van der Waals surface area contributed by atoms with Gasteiger partial charge < -0.3 is 10.6 Å². The van der Waals surface area contributed by atoms with Crippen LogP contribution in [0.3, 0.4) is 0 Å². The summed E-state index contributed by atoms with van der Waals surface area (Å²) in [5.74, 6) is 0.924. The van der Waals surface area contributed by atoms with E-state index in [0.29, 0.717) is 6.42 Å².